The van der Waals surface area contributed by atoms with E-state index in [4.69, 9.17) is 15.9 Å². The average Bonchev–Trinajstić information content (AvgIpc) is 2.61. The lowest BCUT2D eigenvalue weighted by atomic mass is 10.0. The summed E-state index contributed by atoms with van der Waals surface area (Å²) in [7, 11) is 0. The van der Waals surface area contributed by atoms with Crippen LogP contribution >= 0.6 is 0 Å². The van der Waals surface area contributed by atoms with Crippen LogP contribution in [0.5, 0.6) is 0 Å². The molecule has 0 aromatic heterocycles. The Hall–Kier alpha value is -0.160. The van der Waals surface area contributed by atoms with E-state index in [0.717, 1.165) is 19.3 Å². The molecule has 1 fully saturated rings. The fraction of sp³-hybridized carbons (Fsp3) is 1.00. The number of nitrogens with two attached hydrogens (primary N) is 1. The average molecular weight is 188 g/mol. The Morgan fingerprint density at radius 2 is 2.15 bits per heavy atom. The quantitative estimate of drug-likeness (QED) is 0.449. The van der Waals surface area contributed by atoms with Gasteiger partial charge in [0.2, 0.25) is 0 Å². The Bertz CT molecular complexity index is 140. The van der Waals surface area contributed by atoms with Crippen LogP contribution in [0, 0.1) is 5.92 Å². The fourth-order valence-electron chi connectivity index (χ4n) is 1.97. The van der Waals surface area contributed by atoms with Gasteiger partial charge in [0.25, 0.3) is 0 Å². The van der Waals surface area contributed by atoms with Crippen molar-refractivity contribution in [3.8, 4) is 0 Å². The smallest absolute Gasteiger partial charge is 0.0597 e. The number of hydrogen-bond donors (Lipinski definition) is 4. The summed E-state index contributed by atoms with van der Waals surface area (Å²) >= 11 is 0. The third-order valence-corrected chi connectivity index (χ3v) is 2.85. The molecular formula is C9H20N2O2. The van der Waals surface area contributed by atoms with Crippen LogP contribution in [0.15, 0.2) is 0 Å². The van der Waals surface area contributed by atoms with Gasteiger partial charge in [0, 0.05) is 25.2 Å². The summed E-state index contributed by atoms with van der Waals surface area (Å²) in [5.74, 6) is 0.348. The predicted octanol–water partition coefficient (Wildman–Crippen LogP) is -0.943. The van der Waals surface area contributed by atoms with Gasteiger partial charge in [0.15, 0.2) is 0 Å². The van der Waals surface area contributed by atoms with Crippen LogP contribution < -0.4 is 11.1 Å². The molecule has 0 spiro atoms. The van der Waals surface area contributed by atoms with E-state index in [1.54, 1.807) is 0 Å². The fourth-order valence-corrected chi connectivity index (χ4v) is 1.97. The Balaban J connectivity index is 2.33. The number of aliphatic hydroxyl groups excluding tert-OH is 2. The molecule has 0 radical (unpaired) electrons. The highest BCUT2D eigenvalue weighted by molar-refractivity contribution is 4.85. The van der Waals surface area contributed by atoms with E-state index >= 15 is 0 Å². The molecule has 0 heterocycles. The first-order chi connectivity index (χ1) is 6.31. The van der Waals surface area contributed by atoms with Crippen molar-refractivity contribution in [3.05, 3.63) is 0 Å². The Labute approximate surface area is 79.1 Å². The highest BCUT2D eigenvalue weighted by Gasteiger charge is 2.27. The molecule has 4 nitrogen and oxygen atoms in total. The molecule has 3 unspecified atom stereocenters. The van der Waals surface area contributed by atoms with Gasteiger partial charge in [-0.15, -0.1) is 0 Å². The molecule has 3 atom stereocenters. The Morgan fingerprint density at radius 1 is 1.38 bits per heavy atom. The maximum atomic E-state index is 9.06. The molecule has 0 aliphatic heterocycles. The third-order valence-electron chi connectivity index (χ3n) is 2.85. The number of nitrogens with one attached hydrogen (secondary N) is 1. The van der Waals surface area contributed by atoms with E-state index in [9.17, 15) is 0 Å². The minimum atomic E-state index is -0.0165. The molecule has 4 heteroatoms. The number of rotatable bonds is 5. The van der Waals surface area contributed by atoms with E-state index in [-0.39, 0.29) is 19.3 Å². The van der Waals surface area contributed by atoms with Gasteiger partial charge in [0.05, 0.1) is 6.61 Å². The van der Waals surface area contributed by atoms with Gasteiger partial charge in [-0.3, -0.25) is 0 Å². The zero-order valence-electron chi connectivity index (χ0n) is 7.95. The van der Waals surface area contributed by atoms with Crippen molar-refractivity contribution in [2.45, 2.75) is 31.3 Å². The van der Waals surface area contributed by atoms with Crippen LogP contribution in [0.4, 0.5) is 0 Å². The van der Waals surface area contributed by atoms with Gasteiger partial charge in [-0.05, 0) is 18.8 Å². The molecule has 1 aliphatic carbocycles. The van der Waals surface area contributed by atoms with Crippen molar-refractivity contribution < 1.29 is 10.2 Å². The topological polar surface area (TPSA) is 78.5 Å². The second-order valence-electron chi connectivity index (χ2n) is 3.76. The van der Waals surface area contributed by atoms with Crippen molar-refractivity contribution in [3.63, 3.8) is 0 Å². The highest BCUT2D eigenvalue weighted by atomic mass is 16.3. The van der Waals surface area contributed by atoms with Gasteiger partial charge >= 0.3 is 0 Å². The summed E-state index contributed by atoms with van der Waals surface area (Å²) in [4.78, 5) is 0. The van der Waals surface area contributed by atoms with Gasteiger partial charge < -0.3 is 21.3 Å². The third kappa shape index (κ3) is 2.91. The first-order valence-electron chi connectivity index (χ1n) is 4.99. The zero-order chi connectivity index (χ0) is 9.68. The van der Waals surface area contributed by atoms with Crippen molar-refractivity contribution >= 4 is 0 Å². The molecule has 5 N–H and O–H groups in total. The lowest BCUT2D eigenvalue weighted by Gasteiger charge is -2.24. The molecule has 0 bridgehead atoms. The maximum Gasteiger partial charge on any atom is 0.0597 e. The molecule has 1 saturated carbocycles. The minimum Gasteiger partial charge on any atom is -0.396 e. The SMILES string of the molecule is NCC(CO)NC1CCCC1CO. The number of hydrogen-bond acceptors (Lipinski definition) is 4. The molecule has 0 amide bonds. The summed E-state index contributed by atoms with van der Waals surface area (Å²) in [5.41, 5.74) is 5.46. The lowest BCUT2D eigenvalue weighted by molar-refractivity contribution is 0.181. The predicted molar refractivity (Wildman–Crippen MR) is 51.3 cm³/mol. The molecule has 78 valence electrons. The summed E-state index contributed by atoms with van der Waals surface area (Å²) in [6.07, 6.45) is 3.32. The van der Waals surface area contributed by atoms with E-state index in [0.29, 0.717) is 18.5 Å². The molecule has 13 heavy (non-hydrogen) atoms. The molecule has 1 aliphatic rings. The lowest BCUT2D eigenvalue weighted by Crippen LogP contribution is -2.47. The second-order valence-corrected chi connectivity index (χ2v) is 3.76. The van der Waals surface area contributed by atoms with E-state index < -0.39 is 0 Å². The van der Waals surface area contributed by atoms with Crippen LogP contribution in [0.1, 0.15) is 19.3 Å². The highest BCUT2D eigenvalue weighted by Crippen LogP contribution is 2.25. The largest absolute Gasteiger partial charge is 0.396 e. The monoisotopic (exact) mass is 188 g/mol. The van der Waals surface area contributed by atoms with Crippen LogP contribution in [-0.4, -0.2) is 42.1 Å². The van der Waals surface area contributed by atoms with E-state index in [1.807, 2.05) is 0 Å². The summed E-state index contributed by atoms with van der Waals surface area (Å²) in [5, 5.41) is 21.3. The van der Waals surface area contributed by atoms with Gasteiger partial charge in [0.1, 0.15) is 0 Å². The number of aliphatic hydroxyl groups is 2. The normalized spacial score (nSPS) is 30.7. The molecule has 0 saturated heterocycles. The van der Waals surface area contributed by atoms with Crippen molar-refractivity contribution in [1.29, 1.82) is 0 Å². The van der Waals surface area contributed by atoms with Crippen LogP contribution in [-0.2, 0) is 0 Å². The van der Waals surface area contributed by atoms with Crippen LogP contribution in [0.3, 0.4) is 0 Å². The van der Waals surface area contributed by atoms with Crippen LogP contribution in [0.25, 0.3) is 0 Å². The van der Waals surface area contributed by atoms with Crippen molar-refractivity contribution in [1.82, 2.24) is 5.32 Å². The van der Waals surface area contributed by atoms with E-state index in [2.05, 4.69) is 5.32 Å². The summed E-state index contributed by atoms with van der Waals surface area (Å²) in [6.45, 7) is 0.761. The molecule has 0 aromatic rings. The minimum absolute atomic E-state index is 0.0165. The first-order valence-corrected chi connectivity index (χ1v) is 4.99. The summed E-state index contributed by atoms with van der Waals surface area (Å²) < 4.78 is 0. The second kappa shape index (κ2) is 5.54. The van der Waals surface area contributed by atoms with Gasteiger partial charge in [-0.1, -0.05) is 6.42 Å². The maximum absolute atomic E-state index is 9.06. The van der Waals surface area contributed by atoms with Crippen LogP contribution in [0.2, 0.25) is 0 Å². The zero-order valence-corrected chi connectivity index (χ0v) is 7.95. The van der Waals surface area contributed by atoms with Gasteiger partial charge in [-0.25, -0.2) is 0 Å². The standard InChI is InChI=1S/C9H20N2O2/c10-4-8(6-13)11-9-3-1-2-7(9)5-12/h7-9,11-13H,1-6,10H2. The summed E-state index contributed by atoms with van der Waals surface area (Å²) in [6, 6.07) is 0.322. The molecule has 1 rings (SSSR count). The Morgan fingerprint density at radius 3 is 2.69 bits per heavy atom. The first kappa shape index (κ1) is 10.9. The van der Waals surface area contributed by atoms with Crippen molar-refractivity contribution in [2.24, 2.45) is 11.7 Å². The van der Waals surface area contributed by atoms with Gasteiger partial charge in [-0.2, -0.15) is 0 Å². The molecule has 0 aromatic carbocycles. The van der Waals surface area contributed by atoms with E-state index in [1.165, 1.54) is 0 Å². The molecular weight excluding hydrogens is 168 g/mol. The Kier molecular flexibility index (Phi) is 4.66. The van der Waals surface area contributed by atoms with Crippen molar-refractivity contribution in [2.75, 3.05) is 19.8 Å².